The molecule has 0 heterocycles. The predicted octanol–water partition coefficient (Wildman–Crippen LogP) is 0.832. The molecule has 0 fully saturated rings. The quantitative estimate of drug-likeness (QED) is 0.255. The van der Waals surface area contributed by atoms with Crippen LogP contribution in [0.5, 0.6) is 0 Å². The summed E-state index contributed by atoms with van der Waals surface area (Å²) in [5.74, 6) is -0.580. The molecular formula is C10H12NO3+. The van der Waals surface area contributed by atoms with Crippen molar-refractivity contribution in [2.24, 2.45) is 0 Å². The van der Waals surface area contributed by atoms with Crippen LogP contribution in [-0.2, 0) is 16.1 Å². The van der Waals surface area contributed by atoms with Gasteiger partial charge in [0.15, 0.2) is 0 Å². The van der Waals surface area contributed by atoms with Crippen molar-refractivity contribution in [3.8, 4) is 0 Å². The summed E-state index contributed by atoms with van der Waals surface area (Å²) in [5.41, 5.74) is 0.912. The number of ether oxygens (including phenoxy) is 1. The summed E-state index contributed by atoms with van der Waals surface area (Å²) in [4.78, 5) is 10.7. The first-order valence-electron chi connectivity index (χ1n) is 4.14. The maximum absolute atomic E-state index is 10.7. The Morgan fingerprint density at radius 3 is 2.71 bits per heavy atom. The maximum Gasteiger partial charge on any atom is 0.399 e. The smallest absolute Gasteiger partial charge is 0.399 e. The van der Waals surface area contributed by atoms with Crippen molar-refractivity contribution < 1.29 is 19.5 Å². The van der Waals surface area contributed by atoms with Crippen molar-refractivity contribution in [2.45, 2.75) is 6.54 Å². The van der Waals surface area contributed by atoms with Gasteiger partial charge in [0, 0.05) is 5.56 Å². The monoisotopic (exact) mass is 194 g/mol. The molecule has 0 saturated heterocycles. The van der Waals surface area contributed by atoms with E-state index in [1.165, 1.54) is 7.11 Å². The Bertz CT molecular complexity index is 332. The Hall–Kier alpha value is -1.84. The fourth-order valence-electron chi connectivity index (χ4n) is 0.991. The minimum Gasteiger partial charge on any atom is -0.461 e. The van der Waals surface area contributed by atoms with Crippen LogP contribution in [0.4, 0.5) is 0 Å². The number of nitrogens with zero attached hydrogens (tertiary/aromatic N) is 1. The van der Waals surface area contributed by atoms with E-state index in [9.17, 15) is 10.0 Å². The van der Waals surface area contributed by atoms with E-state index in [0.29, 0.717) is 0 Å². The first-order chi connectivity index (χ1) is 6.72. The number of hydrogen-bond donors (Lipinski definition) is 1. The number of carbonyl (C=O) groups is 1. The largest absolute Gasteiger partial charge is 0.461 e. The molecular weight excluding hydrogens is 182 g/mol. The number of hydroxylamine groups is 1. The fraction of sp³-hybridized carbons (Fsp3) is 0.200. The second-order valence-corrected chi connectivity index (χ2v) is 2.74. The third kappa shape index (κ3) is 3.26. The van der Waals surface area contributed by atoms with Crippen molar-refractivity contribution in [3.05, 3.63) is 35.9 Å². The predicted molar refractivity (Wildman–Crippen MR) is 50.3 cm³/mol. The molecule has 0 aliphatic heterocycles. The molecule has 0 radical (unpaired) electrons. The van der Waals surface area contributed by atoms with Crippen molar-refractivity contribution in [3.63, 3.8) is 0 Å². The average molecular weight is 194 g/mol. The van der Waals surface area contributed by atoms with Gasteiger partial charge in [0.05, 0.1) is 7.11 Å². The van der Waals surface area contributed by atoms with Crippen molar-refractivity contribution >= 4 is 12.2 Å². The number of benzene rings is 1. The molecule has 74 valence electrons. The lowest BCUT2D eigenvalue weighted by Crippen LogP contribution is -2.15. The van der Waals surface area contributed by atoms with Crippen molar-refractivity contribution in [2.75, 3.05) is 7.11 Å². The first kappa shape index (κ1) is 10.2. The van der Waals surface area contributed by atoms with Crippen LogP contribution in [-0.4, -0.2) is 29.2 Å². The van der Waals surface area contributed by atoms with Gasteiger partial charge in [0.2, 0.25) is 6.54 Å². The first-order valence-corrected chi connectivity index (χ1v) is 4.14. The molecule has 1 N–H and O–H groups in total. The van der Waals surface area contributed by atoms with Gasteiger partial charge >= 0.3 is 5.97 Å². The molecule has 4 heteroatoms. The number of methoxy groups -OCH3 is 1. The zero-order valence-corrected chi connectivity index (χ0v) is 7.88. The topological polar surface area (TPSA) is 49.5 Å². The standard InChI is InChI=1S/C10H12NO3/c1-14-10(12)8-11(13)7-9-5-3-2-4-6-9/h2-6,8,13H,7H2,1H3/q+1. The van der Waals surface area contributed by atoms with Gasteiger partial charge < -0.3 is 4.74 Å². The van der Waals surface area contributed by atoms with Crippen LogP contribution >= 0.6 is 0 Å². The third-order valence-electron chi connectivity index (χ3n) is 1.64. The van der Waals surface area contributed by atoms with E-state index in [-0.39, 0.29) is 6.54 Å². The van der Waals surface area contributed by atoms with Gasteiger partial charge in [-0.1, -0.05) is 30.3 Å². The number of carbonyl (C=O) groups excluding carboxylic acids is 1. The molecule has 0 unspecified atom stereocenters. The second kappa shape index (κ2) is 5.01. The summed E-state index contributed by atoms with van der Waals surface area (Å²) in [5, 5.41) is 9.28. The van der Waals surface area contributed by atoms with Crippen LogP contribution in [0.1, 0.15) is 5.56 Å². The summed E-state index contributed by atoms with van der Waals surface area (Å²) in [6.45, 7) is 0.260. The van der Waals surface area contributed by atoms with Crippen LogP contribution < -0.4 is 0 Å². The average Bonchev–Trinajstić information content (AvgIpc) is 2.19. The number of rotatable bonds is 3. The van der Waals surface area contributed by atoms with E-state index < -0.39 is 5.97 Å². The third-order valence-corrected chi connectivity index (χ3v) is 1.64. The summed E-state index contributed by atoms with van der Waals surface area (Å²) in [6, 6.07) is 9.32. The second-order valence-electron chi connectivity index (χ2n) is 2.74. The molecule has 0 spiro atoms. The van der Waals surface area contributed by atoms with Crippen LogP contribution in [0.3, 0.4) is 0 Å². The van der Waals surface area contributed by atoms with Crippen LogP contribution in [0.2, 0.25) is 0 Å². The highest BCUT2D eigenvalue weighted by Gasteiger charge is 2.07. The van der Waals surface area contributed by atoms with E-state index in [0.717, 1.165) is 16.5 Å². The van der Waals surface area contributed by atoms with Crippen LogP contribution in [0.15, 0.2) is 30.3 Å². The van der Waals surface area contributed by atoms with Gasteiger partial charge in [-0.2, -0.15) is 0 Å². The molecule has 14 heavy (non-hydrogen) atoms. The highest BCUT2D eigenvalue weighted by Crippen LogP contribution is 1.98. The van der Waals surface area contributed by atoms with Crippen molar-refractivity contribution in [1.29, 1.82) is 0 Å². The van der Waals surface area contributed by atoms with E-state index >= 15 is 0 Å². The van der Waals surface area contributed by atoms with Gasteiger partial charge in [-0.3, -0.25) is 5.21 Å². The molecule has 0 aliphatic rings. The van der Waals surface area contributed by atoms with E-state index in [1.54, 1.807) is 0 Å². The normalized spacial score (nSPS) is 11.1. The Morgan fingerprint density at radius 2 is 2.14 bits per heavy atom. The SMILES string of the molecule is COC(=O)C=[N+](O)Cc1ccccc1. The van der Waals surface area contributed by atoms with E-state index in [1.807, 2.05) is 30.3 Å². The number of esters is 1. The van der Waals surface area contributed by atoms with Gasteiger partial charge in [0.25, 0.3) is 6.21 Å². The lowest BCUT2D eigenvalue weighted by molar-refractivity contribution is -0.783. The van der Waals surface area contributed by atoms with Crippen LogP contribution in [0.25, 0.3) is 0 Å². The zero-order chi connectivity index (χ0) is 10.4. The minimum atomic E-state index is -0.580. The number of hydrogen-bond acceptors (Lipinski definition) is 3. The molecule has 0 aromatic heterocycles. The highest BCUT2D eigenvalue weighted by molar-refractivity contribution is 6.20. The van der Waals surface area contributed by atoms with E-state index in [4.69, 9.17) is 0 Å². The summed E-state index contributed by atoms with van der Waals surface area (Å²) < 4.78 is 5.16. The molecule has 0 amide bonds. The Labute approximate surface area is 82.0 Å². The maximum atomic E-state index is 10.7. The van der Waals surface area contributed by atoms with Crippen LogP contribution in [0, 0.1) is 0 Å². The molecule has 1 aromatic rings. The van der Waals surface area contributed by atoms with Gasteiger partial charge in [-0.15, -0.1) is 0 Å². The molecule has 4 nitrogen and oxygen atoms in total. The lowest BCUT2D eigenvalue weighted by atomic mass is 10.2. The summed E-state index contributed by atoms with van der Waals surface area (Å²) in [7, 11) is 1.26. The van der Waals surface area contributed by atoms with Gasteiger partial charge in [-0.05, 0) is 4.74 Å². The minimum absolute atomic E-state index is 0.260. The fourth-order valence-corrected chi connectivity index (χ4v) is 0.991. The van der Waals surface area contributed by atoms with Crippen molar-refractivity contribution in [1.82, 2.24) is 0 Å². The zero-order valence-electron chi connectivity index (χ0n) is 7.88. The summed E-state index contributed by atoms with van der Waals surface area (Å²) >= 11 is 0. The van der Waals surface area contributed by atoms with Gasteiger partial charge in [0.1, 0.15) is 0 Å². The molecule has 0 bridgehead atoms. The summed E-state index contributed by atoms with van der Waals surface area (Å²) in [6.07, 6.45) is 0.993. The van der Waals surface area contributed by atoms with E-state index in [2.05, 4.69) is 4.74 Å². The highest BCUT2D eigenvalue weighted by atomic mass is 16.5. The Kier molecular flexibility index (Phi) is 3.67. The molecule has 1 aromatic carbocycles. The lowest BCUT2D eigenvalue weighted by Gasteiger charge is -1.94. The molecule has 0 aliphatic carbocycles. The Morgan fingerprint density at radius 1 is 1.50 bits per heavy atom. The molecule has 0 saturated carbocycles. The molecule has 1 rings (SSSR count). The molecule has 0 atom stereocenters. The van der Waals surface area contributed by atoms with Gasteiger partial charge in [-0.25, -0.2) is 4.79 Å². The Balaban J connectivity index is 2.61.